The van der Waals surface area contributed by atoms with Crippen LogP contribution in [-0.2, 0) is 0 Å². The molecule has 0 aromatic carbocycles. The molecular weight excluding hydrogens is 214 g/mol. The largest absolute Gasteiger partial charge is 0.395 e. The van der Waals surface area contributed by atoms with Crippen molar-refractivity contribution in [2.75, 3.05) is 19.7 Å². The molecule has 0 radical (unpaired) electrons. The Hall–Kier alpha value is -0.120. The molecule has 2 atom stereocenters. The van der Waals surface area contributed by atoms with Crippen molar-refractivity contribution in [1.82, 2.24) is 4.90 Å². The minimum atomic E-state index is -0.177. The Bertz CT molecular complexity index is 251. The van der Waals surface area contributed by atoms with Crippen molar-refractivity contribution in [2.45, 2.75) is 58.1 Å². The normalized spacial score (nSPS) is 33.0. The summed E-state index contributed by atoms with van der Waals surface area (Å²) in [5.74, 6) is 0.400. The fraction of sp³-hybridized carbons (Fsp3) is 1.00. The molecule has 0 heterocycles. The number of rotatable bonds is 5. The summed E-state index contributed by atoms with van der Waals surface area (Å²) >= 11 is 0. The molecule has 0 amide bonds. The lowest BCUT2D eigenvalue weighted by atomic mass is 9.86. The SMILES string of the molecule is CC1(C)CCC(CN(CCO)C2CCC2)C1O. The monoisotopic (exact) mass is 241 g/mol. The van der Waals surface area contributed by atoms with Gasteiger partial charge in [0, 0.05) is 19.1 Å². The fourth-order valence-electron chi connectivity index (χ4n) is 3.30. The first-order valence-corrected chi connectivity index (χ1v) is 7.07. The Morgan fingerprint density at radius 1 is 1.24 bits per heavy atom. The van der Waals surface area contributed by atoms with Gasteiger partial charge < -0.3 is 10.2 Å². The lowest BCUT2D eigenvalue weighted by Crippen LogP contribution is -2.46. The second-order valence-corrected chi connectivity index (χ2v) is 6.54. The summed E-state index contributed by atoms with van der Waals surface area (Å²) in [6.07, 6.45) is 5.94. The van der Waals surface area contributed by atoms with Crippen LogP contribution in [0.3, 0.4) is 0 Å². The summed E-state index contributed by atoms with van der Waals surface area (Å²) in [5, 5.41) is 19.5. The molecule has 0 aromatic heterocycles. The molecule has 2 rings (SSSR count). The van der Waals surface area contributed by atoms with Crippen molar-refractivity contribution < 1.29 is 10.2 Å². The van der Waals surface area contributed by atoms with E-state index in [0.717, 1.165) is 25.9 Å². The molecule has 2 N–H and O–H groups in total. The molecule has 3 heteroatoms. The zero-order valence-electron chi connectivity index (χ0n) is 11.2. The first-order valence-electron chi connectivity index (χ1n) is 7.07. The van der Waals surface area contributed by atoms with Crippen molar-refractivity contribution in [1.29, 1.82) is 0 Å². The van der Waals surface area contributed by atoms with E-state index in [-0.39, 0.29) is 18.1 Å². The maximum atomic E-state index is 10.3. The summed E-state index contributed by atoms with van der Waals surface area (Å²) in [5.41, 5.74) is 0.0785. The minimum Gasteiger partial charge on any atom is -0.395 e. The fourth-order valence-corrected chi connectivity index (χ4v) is 3.30. The molecular formula is C14H27NO2. The summed E-state index contributed by atoms with van der Waals surface area (Å²) in [7, 11) is 0. The molecule has 2 unspecified atom stereocenters. The average molecular weight is 241 g/mol. The Kier molecular flexibility index (Phi) is 4.11. The lowest BCUT2D eigenvalue weighted by molar-refractivity contribution is 0.0137. The highest BCUT2D eigenvalue weighted by molar-refractivity contribution is 4.93. The predicted octanol–water partition coefficient (Wildman–Crippen LogP) is 1.63. The van der Waals surface area contributed by atoms with E-state index in [1.165, 1.54) is 19.3 Å². The van der Waals surface area contributed by atoms with Gasteiger partial charge in [0.25, 0.3) is 0 Å². The maximum absolute atomic E-state index is 10.3. The van der Waals surface area contributed by atoms with Crippen molar-refractivity contribution in [3.63, 3.8) is 0 Å². The maximum Gasteiger partial charge on any atom is 0.0631 e. The number of nitrogens with zero attached hydrogens (tertiary/aromatic N) is 1. The van der Waals surface area contributed by atoms with Gasteiger partial charge in [0.1, 0.15) is 0 Å². The van der Waals surface area contributed by atoms with Gasteiger partial charge in [-0.15, -0.1) is 0 Å². The molecule has 2 saturated carbocycles. The summed E-state index contributed by atoms with van der Waals surface area (Å²) in [4.78, 5) is 2.40. The molecule has 0 aliphatic heterocycles. The second kappa shape index (κ2) is 5.25. The van der Waals surface area contributed by atoms with Gasteiger partial charge in [-0.05, 0) is 37.0 Å². The van der Waals surface area contributed by atoms with E-state index in [1.807, 2.05) is 0 Å². The topological polar surface area (TPSA) is 43.7 Å². The molecule has 0 bridgehead atoms. The van der Waals surface area contributed by atoms with Crippen molar-refractivity contribution in [3.8, 4) is 0 Å². The van der Waals surface area contributed by atoms with Crippen LogP contribution in [0.1, 0.15) is 46.0 Å². The molecule has 0 saturated heterocycles. The van der Waals surface area contributed by atoms with E-state index >= 15 is 0 Å². The van der Waals surface area contributed by atoms with Gasteiger partial charge in [0.2, 0.25) is 0 Å². The van der Waals surface area contributed by atoms with Crippen LogP contribution in [0.2, 0.25) is 0 Å². The van der Waals surface area contributed by atoms with E-state index in [2.05, 4.69) is 18.7 Å². The van der Waals surface area contributed by atoms with Crippen LogP contribution in [-0.4, -0.2) is 47.0 Å². The van der Waals surface area contributed by atoms with E-state index in [1.54, 1.807) is 0 Å². The third-order valence-corrected chi connectivity index (χ3v) is 4.85. The van der Waals surface area contributed by atoms with Gasteiger partial charge in [0.15, 0.2) is 0 Å². The summed E-state index contributed by atoms with van der Waals surface area (Å²) in [6.45, 7) is 6.31. The van der Waals surface area contributed by atoms with Crippen LogP contribution >= 0.6 is 0 Å². The van der Waals surface area contributed by atoms with E-state index in [4.69, 9.17) is 5.11 Å². The zero-order chi connectivity index (χ0) is 12.5. The van der Waals surface area contributed by atoms with Gasteiger partial charge >= 0.3 is 0 Å². The van der Waals surface area contributed by atoms with Gasteiger partial charge in [0.05, 0.1) is 12.7 Å². The average Bonchev–Trinajstić information content (AvgIpc) is 2.43. The highest BCUT2D eigenvalue weighted by atomic mass is 16.3. The highest BCUT2D eigenvalue weighted by Crippen LogP contribution is 2.42. The van der Waals surface area contributed by atoms with Gasteiger partial charge in [-0.25, -0.2) is 0 Å². The molecule has 0 aromatic rings. The van der Waals surface area contributed by atoms with E-state index in [9.17, 15) is 5.11 Å². The van der Waals surface area contributed by atoms with Crippen LogP contribution in [0.5, 0.6) is 0 Å². The Morgan fingerprint density at radius 2 is 1.94 bits per heavy atom. The highest BCUT2D eigenvalue weighted by Gasteiger charge is 2.42. The molecule has 100 valence electrons. The molecule has 17 heavy (non-hydrogen) atoms. The number of hydrogen-bond donors (Lipinski definition) is 2. The van der Waals surface area contributed by atoms with Crippen molar-refractivity contribution >= 4 is 0 Å². The lowest BCUT2D eigenvalue weighted by Gasteiger charge is -2.39. The van der Waals surface area contributed by atoms with Crippen LogP contribution in [0.15, 0.2) is 0 Å². The summed E-state index contributed by atoms with van der Waals surface area (Å²) < 4.78 is 0. The zero-order valence-corrected chi connectivity index (χ0v) is 11.2. The molecule has 2 fully saturated rings. The standard InChI is InChI=1S/C14H27NO2/c1-14(2)7-6-11(13(14)17)10-15(8-9-16)12-4-3-5-12/h11-13,16-17H,3-10H2,1-2H3. The van der Waals surface area contributed by atoms with Gasteiger partial charge in [-0.2, -0.15) is 0 Å². The third-order valence-electron chi connectivity index (χ3n) is 4.85. The first-order chi connectivity index (χ1) is 8.04. The van der Waals surface area contributed by atoms with Gasteiger partial charge in [-0.3, -0.25) is 4.90 Å². The molecule has 2 aliphatic rings. The quantitative estimate of drug-likeness (QED) is 0.769. The van der Waals surface area contributed by atoms with Crippen molar-refractivity contribution in [2.24, 2.45) is 11.3 Å². The Morgan fingerprint density at radius 3 is 2.35 bits per heavy atom. The van der Waals surface area contributed by atoms with Crippen LogP contribution in [0.25, 0.3) is 0 Å². The molecule has 3 nitrogen and oxygen atoms in total. The number of aliphatic hydroxyl groups is 2. The predicted molar refractivity (Wildman–Crippen MR) is 68.8 cm³/mol. The Balaban J connectivity index is 1.89. The van der Waals surface area contributed by atoms with E-state index < -0.39 is 0 Å². The first kappa shape index (κ1) is 13.3. The van der Waals surface area contributed by atoms with Crippen LogP contribution in [0.4, 0.5) is 0 Å². The summed E-state index contributed by atoms with van der Waals surface area (Å²) in [6, 6.07) is 0.665. The van der Waals surface area contributed by atoms with Crippen molar-refractivity contribution in [3.05, 3.63) is 0 Å². The number of aliphatic hydroxyl groups excluding tert-OH is 2. The smallest absolute Gasteiger partial charge is 0.0631 e. The second-order valence-electron chi connectivity index (χ2n) is 6.54. The molecule has 0 spiro atoms. The third kappa shape index (κ3) is 2.83. The van der Waals surface area contributed by atoms with Crippen LogP contribution in [0, 0.1) is 11.3 Å². The number of hydrogen-bond acceptors (Lipinski definition) is 3. The van der Waals surface area contributed by atoms with Crippen LogP contribution < -0.4 is 0 Å². The molecule has 2 aliphatic carbocycles. The minimum absolute atomic E-state index is 0.0785. The van der Waals surface area contributed by atoms with E-state index in [0.29, 0.717) is 12.0 Å². The Labute approximate surface area is 105 Å². The van der Waals surface area contributed by atoms with Gasteiger partial charge in [-0.1, -0.05) is 20.3 Å².